The Morgan fingerprint density at radius 1 is 0.935 bits per heavy atom. The molecule has 1 aromatic carbocycles. The number of sulfonamides is 1. The average Bonchev–Trinajstić information content (AvgIpc) is 3.51. The molecule has 5 rings (SSSR count). The lowest BCUT2D eigenvalue weighted by Crippen LogP contribution is -2.40. The van der Waals surface area contributed by atoms with Crippen LogP contribution in [-0.2, 0) is 23.0 Å². The second kappa shape index (κ2) is 8.26. The molecule has 0 radical (unpaired) electrons. The lowest BCUT2D eigenvalue weighted by molar-refractivity contribution is 0.0696. The number of amides is 1. The van der Waals surface area contributed by atoms with Gasteiger partial charge in [-0.25, -0.2) is 8.42 Å². The van der Waals surface area contributed by atoms with Gasteiger partial charge in [0.1, 0.15) is 9.77 Å². The zero-order chi connectivity index (χ0) is 21.4. The average molecular weight is 456 g/mol. The third-order valence-electron chi connectivity index (χ3n) is 6.34. The molecular weight excluding hydrogens is 430 g/mol. The molecule has 8 heteroatoms. The highest BCUT2D eigenvalue weighted by molar-refractivity contribution is 7.89. The van der Waals surface area contributed by atoms with E-state index in [-0.39, 0.29) is 10.8 Å². The summed E-state index contributed by atoms with van der Waals surface area (Å²) in [6.07, 6.45) is 6.55. The lowest BCUT2D eigenvalue weighted by Gasteiger charge is -2.33. The maximum atomic E-state index is 13.4. The van der Waals surface area contributed by atoms with Crippen molar-refractivity contribution in [2.75, 3.05) is 19.6 Å². The number of likely N-dealkylation sites (tertiary alicyclic amines) is 1. The second-order valence-electron chi connectivity index (χ2n) is 8.12. The third-order valence-corrected chi connectivity index (χ3v) is 9.26. The zero-order valence-corrected chi connectivity index (χ0v) is 18.8. The van der Waals surface area contributed by atoms with Crippen molar-refractivity contribution < 1.29 is 13.2 Å². The minimum atomic E-state index is -3.73. The second-order valence-corrected chi connectivity index (χ2v) is 10.9. The molecule has 0 bridgehead atoms. The van der Waals surface area contributed by atoms with E-state index in [2.05, 4.69) is 23.0 Å². The van der Waals surface area contributed by atoms with Crippen molar-refractivity contribution in [3.8, 4) is 0 Å². The summed E-state index contributed by atoms with van der Waals surface area (Å²) in [7, 11) is -3.73. The largest absolute Gasteiger partial charge is 0.351 e. The molecule has 162 valence electrons. The van der Waals surface area contributed by atoms with Crippen LogP contribution in [0.25, 0.3) is 0 Å². The van der Waals surface area contributed by atoms with E-state index in [0.717, 1.165) is 18.4 Å². The van der Waals surface area contributed by atoms with Crippen molar-refractivity contribution >= 4 is 27.3 Å². The van der Waals surface area contributed by atoms with Gasteiger partial charge in [0.2, 0.25) is 10.0 Å². The Kier molecular flexibility index (Phi) is 5.45. The number of piperidine rings is 1. The van der Waals surface area contributed by atoms with Crippen molar-refractivity contribution in [1.82, 2.24) is 13.8 Å². The summed E-state index contributed by atoms with van der Waals surface area (Å²) < 4.78 is 30.6. The topological polar surface area (TPSA) is 62.6 Å². The first kappa shape index (κ1) is 20.5. The minimum absolute atomic E-state index is 0.148. The molecule has 1 fully saturated rings. The number of benzene rings is 1. The van der Waals surface area contributed by atoms with Crippen LogP contribution >= 0.6 is 11.3 Å². The van der Waals surface area contributed by atoms with Gasteiger partial charge < -0.3 is 9.47 Å². The predicted molar refractivity (Wildman–Crippen MR) is 121 cm³/mol. The van der Waals surface area contributed by atoms with Crippen LogP contribution in [0.2, 0.25) is 0 Å². The lowest BCUT2D eigenvalue weighted by atomic mass is 10.0. The van der Waals surface area contributed by atoms with Crippen molar-refractivity contribution in [3.05, 3.63) is 76.2 Å². The van der Waals surface area contributed by atoms with Gasteiger partial charge in [0.25, 0.3) is 5.91 Å². The molecule has 0 aliphatic carbocycles. The molecule has 0 N–H and O–H groups in total. The van der Waals surface area contributed by atoms with Crippen LogP contribution in [-0.4, -0.2) is 47.7 Å². The van der Waals surface area contributed by atoms with E-state index >= 15 is 0 Å². The number of aromatic nitrogens is 1. The highest BCUT2D eigenvalue weighted by Crippen LogP contribution is 2.31. The SMILES string of the molecule is O=C(c1sccc1S(=O)(=O)N1CCc2ccccc2C1)N1CCC(n2cccc2)CC1. The monoisotopic (exact) mass is 455 g/mol. The number of rotatable bonds is 4. The molecule has 4 heterocycles. The summed E-state index contributed by atoms with van der Waals surface area (Å²) in [4.78, 5) is 15.5. The van der Waals surface area contributed by atoms with Crippen molar-refractivity contribution in [2.24, 2.45) is 0 Å². The maximum absolute atomic E-state index is 13.4. The Morgan fingerprint density at radius 2 is 1.65 bits per heavy atom. The van der Waals surface area contributed by atoms with Crippen LogP contribution in [0.5, 0.6) is 0 Å². The van der Waals surface area contributed by atoms with Crippen LogP contribution in [0, 0.1) is 0 Å². The Labute approximate surface area is 186 Å². The maximum Gasteiger partial charge on any atom is 0.265 e. The molecule has 2 aliphatic heterocycles. The van der Waals surface area contributed by atoms with Gasteiger partial charge in [-0.05, 0) is 54.0 Å². The highest BCUT2D eigenvalue weighted by Gasteiger charge is 2.34. The molecule has 0 unspecified atom stereocenters. The van der Waals surface area contributed by atoms with Gasteiger partial charge in [-0.1, -0.05) is 24.3 Å². The first-order valence-corrected chi connectivity index (χ1v) is 12.9. The van der Waals surface area contributed by atoms with Crippen LogP contribution in [0.3, 0.4) is 0 Å². The first-order chi connectivity index (χ1) is 15.0. The van der Waals surface area contributed by atoms with Gasteiger partial charge in [-0.3, -0.25) is 4.79 Å². The minimum Gasteiger partial charge on any atom is -0.351 e. The van der Waals surface area contributed by atoms with Gasteiger partial charge in [0.15, 0.2) is 0 Å². The van der Waals surface area contributed by atoms with E-state index in [1.807, 2.05) is 30.3 Å². The van der Waals surface area contributed by atoms with E-state index in [1.165, 1.54) is 21.2 Å². The number of hydrogen-bond donors (Lipinski definition) is 0. The van der Waals surface area contributed by atoms with Gasteiger partial charge in [0.05, 0.1) is 0 Å². The summed E-state index contributed by atoms with van der Waals surface area (Å²) in [6, 6.07) is 13.9. The van der Waals surface area contributed by atoms with E-state index in [1.54, 1.807) is 16.3 Å². The first-order valence-electron chi connectivity index (χ1n) is 10.6. The number of hydrogen-bond acceptors (Lipinski definition) is 4. The van der Waals surface area contributed by atoms with E-state index in [9.17, 15) is 13.2 Å². The molecule has 0 atom stereocenters. The summed E-state index contributed by atoms with van der Waals surface area (Å²) in [5, 5.41) is 1.71. The molecule has 2 aliphatic rings. The van der Waals surface area contributed by atoms with Gasteiger partial charge in [-0.2, -0.15) is 4.31 Å². The van der Waals surface area contributed by atoms with E-state index in [4.69, 9.17) is 0 Å². The molecule has 1 amide bonds. The normalized spacial score (nSPS) is 18.1. The number of nitrogens with zero attached hydrogens (tertiary/aromatic N) is 3. The summed E-state index contributed by atoms with van der Waals surface area (Å²) >= 11 is 1.22. The number of carbonyl (C=O) groups is 1. The summed E-state index contributed by atoms with van der Waals surface area (Å²) in [5.41, 5.74) is 2.23. The summed E-state index contributed by atoms with van der Waals surface area (Å²) in [5.74, 6) is -0.169. The molecule has 3 aromatic rings. The number of fused-ring (bicyclic) bond motifs is 1. The molecular formula is C23H25N3O3S2. The van der Waals surface area contributed by atoms with E-state index in [0.29, 0.717) is 43.5 Å². The fraction of sp³-hybridized carbons (Fsp3) is 0.348. The number of thiophene rings is 1. The standard InChI is InChI=1S/C23H25N3O3S2/c27-23(25-13-8-20(9-14-25)24-11-3-4-12-24)22-21(10-16-30-22)31(28,29)26-15-7-18-5-1-2-6-19(18)17-26/h1-6,10-12,16,20H,7-9,13-15,17H2. The molecule has 0 saturated carbocycles. The van der Waals surface area contributed by atoms with Gasteiger partial charge in [0, 0.05) is 44.6 Å². The predicted octanol–water partition coefficient (Wildman–Crippen LogP) is 3.77. The molecule has 2 aromatic heterocycles. The zero-order valence-electron chi connectivity index (χ0n) is 17.2. The third kappa shape index (κ3) is 3.84. The Morgan fingerprint density at radius 3 is 2.39 bits per heavy atom. The quantitative estimate of drug-likeness (QED) is 0.602. The van der Waals surface area contributed by atoms with Crippen LogP contribution in [0.15, 0.2) is 65.1 Å². The van der Waals surface area contributed by atoms with E-state index < -0.39 is 10.0 Å². The Hall–Kier alpha value is -2.42. The van der Waals surface area contributed by atoms with Crippen molar-refractivity contribution in [2.45, 2.75) is 36.7 Å². The molecule has 1 saturated heterocycles. The number of carbonyl (C=O) groups excluding carboxylic acids is 1. The molecule has 31 heavy (non-hydrogen) atoms. The molecule has 6 nitrogen and oxygen atoms in total. The highest BCUT2D eigenvalue weighted by atomic mass is 32.2. The fourth-order valence-corrected chi connectivity index (χ4v) is 7.35. The van der Waals surface area contributed by atoms with Gasteiger partial charge in [-0.15, -0.1) is 11.3 Å². The molecule has 0 spiro atoms. The van der Waals surface area contributed by atoms with Gasteiger partial charge >= 0.3 is 0 Å². The Bertz CT molecular complexity index is 1180. The van der Waals surface area contributed by atoms with Crippen molar-refractivity contribution in [1.29, 1.82) is 0 Å². The fourth-order valence-electron chi connectivity index (χ4n) is 4.57. The summed E-state index contributed by atoms with van der Waals surface area (Å²) in [6.45, 7) is 2.06. The van der Waals surface area contributed by atoms with Crippen LogP contribution < -0.4 is 0 Å². The Balaban J connectivity index is 1.33. The van der Waals surface area contributed by atoms with Crippen LogP contribution in [0.4, 0.5) is 0 Å². The van der Waals surface area contributed by atoms with Crippen molar-refractivity contribution in [3.63, 3.8) is 0 Å². The smallest absolute Gasteiger partial charge is 0.265 e. The van der Waals surface area contributed by atoms with Crippen LogP contribution in [0.1, 0.15) is 39.7 Å².